The van der Waals surface area contributed by atoms with Gasteiger partial charge in [-0.05, 0) is 91.6 Å². The predicted molar refractivity (Wildman–Crippen MR) is 177 cm³/mol. The van der Waals surface area contributed by atoms with Gasteiger partial charge in [-0.1, -0.05) is 105 Å². The number of benzene rings is 5. The molecule has 5 aromatic carbocycles. The minimum Gasteiger partial charge on any atom is -0.310 e. The van der Waals surface area contributed by atoms with Gasteiger partial charge in [0.2, 0.25) is 0 Å². The Bertz CT molecular complexity index is 1520. The van der Waals surface area contributed by atoms with Crippen LogP contribution in [0.4, 0.5) is 34.1 Å². The van der Waals surface area contributed by atoms with Gasteiger partial charge in [0.15, 0.2) is 0 Å². The number of para-hydroxylation sites is 3. The molecule has 0 amide bonds. The first-order chi connectivity index (χ1) is 19.8. The maximum absolute atomic E-state index is 2.40. The van der Waals surface area contributed by atoms with Crippen LogP contribution in [0.3, 0.4) is 0 Å². The zero-order valence-electron chi connectivity index (χ0n) is 24.8. The van der Waals surface area contributed by atoms with E-state index in [0.717, 1.165) is 34.1 Å². The maximum atomic E-state index is 2.40. The topological polar surface area (TPSA) is 6.48 Å². The van der Waals surface area contributed by atoms with E-state index < -0.39 is 0 Å². The van der Waals surface area contributed by atoms with Crippen molar-refractivity contribution in [3.05, 3.63) is 157 Å². The van der Waals surface area contributed by atoms with Gasteiger partial charge in [-0.25, -0.2) is 0 Å². The Kier molecular flexibility index (Phi) is 8.40. The van der Waals surface area contributed by atoms with E-state index in [2.05, 4.69) is 190 Å². The molecule has 1 unspecified atom stereocenters. The normalized spacial score (nSPS) is 11.9. The van der Waals surface area contributed by atoms with Crippen molar-refractivity contribution in [3.63, 3.8) is 0 Å². The van der Waals surface area contributed by atoms with Gasteiger partial charge in [0.1, 0.15) is 0 Å². The first kappa shape index (κ1) is 28.0. The summed E-state index contributed by atoms with van der Waals surface area (Å²) in [5.74, 6) is 0.348. The van der Waals surface area contributed by atoms with Crippen LogP contribution < -0.4 is 9.80 Å². The van der Waals surface area contributed by atoms with E-state index >= 15 is 0 Å². The summed E-state index contributed by atoms with van der Waals surface area (Å²) in [5.41, 5.74) is 9.53. The minimum absolute atomic E-state index is 0.130. The van der Waals surface area contributed by atoms with Crippen molar-refractivity contribution < 1.29 is 0 Å². The lowest BCUT2D eigenvalue weighted by Gasteiger charge is -2.31. The molecule has 0 fully saturated rings. The molecule has 206 valence electrons. The van der Waals surface area contributed by atoms with Crippen molar-refractivity contribution in [2.45, 2.75) is 40.5 Å². The fraction of sp³-hybridized carbons (Fsp3) is 0.179. The van der Waals surface area contributed by atoms with Gasteiger partial charge in [-0.2, -0.15) is 0 Å². The van der Waals surface area contributed by atoms with Gasteiger partial charge in [0.05, 0.1) is 0 Å². The van der Waals surface area contributed by atoms with Crippen molar-refractivity contribution in [1.82, 2.24) is 0 Å². The second kappa shape index (κ2) is 12.3. The summed E-state index contributed by atoms with van der Waals surface area (Å²) >= 11 is 0. The van der Waals surface area contributed by atoms with Crippen LogP contribution in [0.15, 0.2) is 151 Å². The SMILES string of the molecule is CC(C)=CC(c1ccc(N(c2ccccc2)c2cccc(N(c3ccccc3)c3ccccc3)c2)cc1)C(C)(C)C. The summed E-state index contributed by atoms with van der Waals surface area (Å²) in [7, 11) is 0. The van der Waals surface area contributed by atoms with Gasteiger partial charge in [-0.15, -0.1) is 0 Å². The third-order valence-corrected chi connectivity index (χ3v) is 7.33. The quantitative estimate of drug-likeness (QED) is 0.182. The summed E-state index contributed by atoms with van der Waals surface area (Å²) in [6, 6.07) is 49.7. The van der Waals surface area contributed by atoms with E-state index in [9.17, 15) is 0 Å². The Labute approximate surface area is 246 Å². The van der Waals surface area contributed by atoms with E-state index in [1.54, 1.807) is 0 Å². The maximum Gasteiger partial charge on any atom is 0.0482 e. The van der Waals surface area contributed by atoms with E-state index in [4.69, 9.17) is 0 Å². The van der Waals surface area contributed by atoms with Crippen molar-refractivity contribution in [1.29, 1.82) is 0 Å². The molecule has 5 aromatic rings. The van der Waals surface area contributed by atoms with E-state index in [-0.39, 0.29) is 5.41 Å². The van der Waals surface area contributed by atoms with Crippen LogP contribution in [-0.2, 0) is 0 Å². The van der Waals surface area contributed by atoms with Crippen LogP contribution in [0.5, 0.6) is 0 Å². The lowest BCUT2D eigenvalue weighted by molar-refractivity contribution is 0.365. The van der Waals surface area contributed by atoms with Gasteiger partial charge in [0.25, 0.3) is 0 Å². The summed E-state index contributed by atoms with van der Waals surface area (Å²) in [5, 5.41) is 0. The average Bonchev–Trinajstić information content (AvgIpc) is 2.98. The highest BCUT2D eigenvalue weighted by molar-refractivity contribution is 5.82. The Hall–Kier alpha value is -4.56. The first-order valence-electron chi connectivity index (χ1n) is 14.4. The number of allylic oxidation sites excluding steroid dienone is 2. The van der Waals surface area contributed by atoms with Gasteiger partial charge in [0, 0.05) is 40.0 Å². The summed E-state index contributed by atoms with van der Waals surface area (Å²) in [6.45, 7) is 11.3. The third kappa shape index (κ3) is 6.61. The smallest absolute Gasteiger partial charge is 0.0482 e. The molecule has 0 saturated carbocycles. The van der Waals surface area contributed by atoms with Gasteiger partial charge in [-0.3, -0.25) is 0 Å². The number of hydrogen-bond donors (Lipinski definition) is 0. The Balaban J connectivity index is 1.60. The van der Waals surface area contributed by atoms with Crippen molar-refractivity contribution in [2.24, 2.45) is 5.41 Å². The van der Waals surface area contributed by atoms with Crippen molar-refractivity contribution in [2.75, 3.05) is 9.80 Å². The number of rotatable bonds is 8. The van der Waals surface area contributed by atoms with Crippen LogP contribution in [0.2, 0.25) is 0 Å². The second-order valence-electron chi connectivity index (χ2n) is 11.9. The zero-order chi connectivity index (χ0) is 28.8. The fourth-order valence-corrected chi connectivity index (χ4v) is 5.41. The van der Waals surface area contributed by atoms with Crippen LogP contribution in [-0.4, -0.2) is 0 Å². The molecule has 41 heavy (non-hydrogen) atoms. The van der Waals surface area contributed by atoms with Crippen molar-refractivity contribution >= 4 is 34.1 Å². The highest BCUT2D eigenvalue weighted by Crippen LogP contribution is 2.42. The molecular formula is C39H40N2. The third-order valence-electron chi connectivity index (χ3n) is 7.33. The Morgan fingerprint density at radius 2 is 0.854 bits per heavy atom. The summed E-state index contributed by atoms with van der Waals surface area (Å²) in [6.07, 6.45) is 2.40. The molecule has 0 N–H and O–H groups in total. The molecule has 0 aromatic heterocycles. The monoisotopic (exact) mass is 536 g/mol. The van der Waals surface area contributed by atoms with Crippen LogP contribution >= 0.6 is 0 Å². The molecule has 2 heteroatoms. The first-order valence-corrected chi connectivity index (χ1v) is 14.4. The highest BCUT2D eigenvalue weighted by atomic mass is 15.2. The molecule has 0 bridgehead atoms. The molecular weight excluding hydrogens is 496 g/mol. The molecule has 0 saturated heterocycles. The van der Waals surface area contributed by atoms with Gasteiger partial charge < -0.3 is 9.80 Å². The molecule has 0 spiro atoms. The van der Waals surface area contributed by atoms with Gasteiger partial charge >= 0.3 is 0 Å². The number of hydrogen-bond acceptors (Lipinski definition) is 2. The molecule has 0 heterocycles. The van der Waals surface area contributed by atoms with Crippen LogP contribution in [0.25, 0.3) is 0 Å². The lowest BCUT2D eigenvalue weighted by Crippen LogP contribution is -2.17. The number of nitrogens with zero attached hydrogens (tertiary/aromatic N) is 2. The minimum atomic E-state index is 0.130. The molecule has 1 atom stereocenters. The van der Waals surface area contributed by atoms with E-state index in [1.165, 1.54) is 11.1 Å². The van der Waals surface area contributed by atoms with Crippen LogP contribution in [0, 0.1) is 5.41 Å². The Morgan fingerprint density at radius 3 is 1.22 bits per heavy atom. The molecule has 0 radical (unpaired) electrons. The van der Waals surface area contributed by atoms with Crippen LogP contribution in [0.1, 0.15) is 46.1 Å². The van der Waals surface area contributed by atoms with E-state index in [0.29, 0.717) is 5.92 Å². The molecule has 0 aliphatic carbocycles. The second-order valence-corrected chi connectivity index (χ2v) is 11.9. The highest BCUT2D eigenvalue weighted by Gasteiger charge is 2.25. The number of anilines is 6. The summed E-state index contributed by atoms with van der Waals surface area (Å²) in [4.78, 5) is 4.65. The molecule has 0 aliphatic heterocycles. The van der Waals surface area contributed by atoms with Crippen molar-refractivity contribution in [3.8, 4) is 0 Å². The standard InChI is InChI=1S/C39H40N2/c1-30(2)28-38(39(3,4)5)31-24-26-35(27-25-31)41(34-20-13-8-14-21-34)37-23-15-22-36(29-37)40(32-16-9-6-10-17-32)33-18-11-7-12-19-33/h6-29,38H,1-5H3. The lowest BCUT2D eigenvalue weighted by atomic mass is 9.75. The zero-order valence-corrected chi connectivity index (χ0v) is 24.8. The molecule has 2 nitrogen and oxygen atoms in total. The molecule has 5 rings (SSSR count). The largest absolute Gasteiger partial charge is 0.310 e. The average molecular weight is 537 g/mol. The summed E-state index contributed by atoms with van der Waals surface area (Å²) < 4.78 is 0. The van der Waals surface area contributed by atoms with E-state index in [1.807, 2.05) is 0 Å². The predicted octanol–water partition coefficient (Wildman–Crippen LogP) is 11.7. The fourth-order valence-electron chi connectivity index (χ4n) is 5.41. The Morgan fingerprint density at radius 1 is 0.488 bits per heavy atom. The molecule has 0 aliphatic rings.